The SMILES string of the molecule is CCCCCCCC/C=C\CCCCCCCC(=O)OC(COP(=O)(O)OCCNS(=O)(=O)c1ccc(-c2c3ccc(=[N+](CC)CC)cc-3oc3cc(N(CC)CC)ccc23)c(S(=O)(=O)[O-])c1)OC(=O)CCCCCCC/C=C\CCCCCCCC. The normalized spacial score (nSPS) is 12.9. The summed E-state index contributed by atoms with van der Waals surface area (Å²) in [5.41, 5.74) is 2.09. The number of nitrogens with zero attached hydrogens (tertiary/aromatic N) is 2. The highest BCUT2D eigenvalue weighted by Crippen LogP contribution is 2.45. The van der Waals surface area contributed by atoms with Crippen molar-refractivity contribution < 1.29 is 63.4 Å². The second-order valence-electron chi connectivity index (χ2n) is 22.4. The first-order chi connectivity index (χ1) is 41.9. The molecule has 488 valence electrons. The van der Waals surface area contributed by atoms with E-state index in [0.717, 1.165) is 94.2 Å². The minimum absolute atomic E-state index is 0.0328. The third-order valence-corrected chi connectivity index (χ3v) is 18.9. The largest absolute Gasteiger partial charge is 0.744 e. The van der Waals surface area contributed by atoms with Crippen LogP contribution in [0.4, 0.5) is 5.69 Å². The van der Waals surface area contributed by atoms with Crippen LogP contribution < -0.4 is 19.6 Å². The highest BCUT2D eigenvalue weighted by Gasteiger charge is 2.29. The number of nitrogens with one attached hydrogen (secondary N) is 1. The lowest BCUT2D eigenvalue weighted by Crippen LogP contribution is -2.29. The van der Waals surface area contributed by atoms with Crippen LogP contribution in [0.15, 0.2) is 93.1 Å². The molecule has 17 nitrogen and oxygen atoms in total. The molecule has 1 heterocycles. The van der Waals surface area contributed by atoms with Crippen molar-refractivity contribution in [2.24, 2.45) is 0 Å². The molecule has 0 saturated carbocycles. The van der Waals surface area contributed by atoms with E-state index in [0.29, 0.717) is 66.9 Å². The molecule has 0 fully saturated rings. The van der Waals surface area contributed by atoms with Crippen LogP contribution >= 0.6 is 7.82 Å². The average molecular weight is 1270 g/mol. The Hall–Kier alpha value is -4.72. The van der Waals surface area contributed by atoms with Crippen molar-refractivity contribution in [1.82, 2.24) is 9.30 Å². The van der Waals surface area contributed by atoms with E-state index >= 15 is 0 Å². The van der Waals surface area contributed by atoms with E-state index in [4.69, 9.17) is 22.9 Å². The van der Waals surface area contributed by atoms with E-state index in [2.05, 4.69) is 52.3 Å². The van der Waals surface area contributed by atoms with E-state index in [1.807, 2.05) is 52.0 Å². The zero-order chi connectivity index (χ0) is 63.3. The van der Waals surface area contributed by atoms with Gasteiger partial charge in [0.1, 0.15) is 41.2 Å². The fourth-order valence-electron chi connectivity index (χ4n) is 10.6. The van der Waals surface area contributed by atoms with Crippen LogP contribution in [-0.2, 0) is 52.8 Å². The molecule has 0 bridgehead atoms. The van der Waals surface area contributed by atoms with Crippen LogP contribution in [0.25, 0.3) is 33.4 Å². The number of unbranched alkanes of at least 4 members (excludes halogenated alkanes) is 22. The number of ether oxygens (including phenoxy) is 2. The highest BCUT2D eigenvalue weighted by molar-refractivity contribution is 7.89. The van der Waals surface area contributed by atoms with Gasteiger partial charge in [0, 0.05) is 72.4 Å². The van der Waals surface area contributed by atoms with Gasteiger partial charge in [-0.05, 0) is 122 Å². The van der Waals surface area contributed by atoms with Gasteiger partial charge in [0.15, 0.2) is 0 Å². The molecule has 2 aromatic carbocycles. The number of phosphoric acid groups is 1. The second kappa shape index (κ2) is 41.6. The third-order valence-electron chi connectivity index (χ3n) is 15.6. The summed E-state index contributed by atoms with van der Waals surface area (Å²) in [4.78, 5) is 37.5. The first-order valence-corrected chi connectivity index (χ1v) is 37.0. The van der Waals surface area contributed by atoms with Crippen LogP contribution in [0.1, 0.15) is 221 Å². The Labute approximate surface area is 521 Å². The molecule has 20 heteroatoms. The fourth-order valence-corrected chi connectivity index (χ4v) is 13.1. The molecule has 0 spiro atoms. The number of carbonyl (C=O) groups excluding carboxylic acids is 2. The molecule has 2 aliphatic rings. The quantitative estimate of drug-likeness (QED) is 0.00612. The number of fused-ring (bicyclic) bond motifs is 2. The number of hydrogen-bond donors (Lipinski definition) is 2. The molecule has 1 aliphatic carbocycles. The van der Waals surface area contributed by atoms with E-state index in [1.54, 1.807) is 12.1 Å². The lowest BCUT2D eigenvalue weighted by molar-refractivity contribution is -0.193. The molecule has 1 atom stereocenters. The van der Waals surface area contributed by atoms with E-state index in [9.17, 15) is 40.4 Å². The second-order valence-corrected chi connectivity index (χ2v) is 26.9. The van der Waals surface area contributed by atoms with Crippen molar-refractivity contribution in [2.45, 2.75) is 237 Å². The summed E-state index contributed by atoms with van der Waals surface area (Å²) in [5.74, 6) is -0.926. The molecular weight excluding hydrogens is 1170 g/mol. The van der Waals surface area contributed by atoms with Crippen molar-refractivity contribution in [1.29, 1.82) is 0 Å². The van der Waals surface area contributed by atoms with Crippen molar-refractivity contribution in [2.75, 3.05) is 50.8 Å². The molecule has 0 saturated heterocycles. The van der Waals surface area contributed by atoms with Crippen LogP contribution in [0.2, 0.25) is 0 Å². The Morgan fingerprint density at radius 3 is 1.62 bits per heavy atom. The van der Waals surface area contributed by atoms with E-state index < -0.39 is 75.7 Å². The summed E-state index contributed by atoms with van der Waals surface area (Å²) in [5, 5.41) is 1.36. The first kappa shape index (κ1) is 74.7. The van der Waals surface area contributed by atoms with Crippen LogP contribution in [0.5, 0.6) is 0 Å². The summed E-state index contributed by atoms with van der Waals surface area (Å²) in [6.07, 6.45) is 35.8. The van der Waals surface area contributed by atoms with Gasteiger partial charge in [-0.25, -0.2) is 30.7 Å². The predicted molar refractivity (Wildman–Crippen MR) is 348 cm³/mol. The summed E-state index contributed by atoms with van der Waals surface area (Å²) in [7, 11) is -14.9. The van der Waals surface area contributed by atoms with Gasteiger partial charge in [0.25, 0.3) is 6.29 Å². The van der Waals surface area contributed by atoms with Gasteiger partial charge < -0.3 is 28.2 Å². The maximum Gasteiger partial charge on any atom is 0.472 e. The summed E-state index contributed by atoms with van der Waals surface area (Å²) in [6, 6.07) is 14.3. The minimum atomic E-state index is -5.33. The Morgan fingerprint density at radius 1 is 0.632 bits per heavy atom. The Morgan fingerprint density at radius 2 is 1.13 bits per heavy atom. The molecule has 1 aliphatic heterocycles. The van der Waals surface area contributed by atoms with Gasteiger partial charge in [-0.1, -0.05) is 147 Å². The van der Waals surface area contributed by atoms with Crippen LogP contribution in [-0.4, -0.2) is 90.4 Å². The van der Waals surface area contributed by atoms with Crippen molar-refractivity contribution >= 4 is 56.6 Å². The topological polar surface area (TPSA) is 231 Å². The summed E-state index contributed by atoms with van der Waals surface area (Å²) >= 11 is 0. The number of carbonyl (C=O) groups is 2. The molecule has 2 N–H and O–H groups in total. The molecule has 4 rings (SSSR count). The van der Waals surface area contributed by atoms with Crippen molar-refractivity contribution in [3.05, 3.63) is 84.3 Å². The zero-order valence-corrected chi connectivity index (χ0v) is 55.8. The lowest BCUT2D eigenvalue weighted by atomic mass is 9.93. The van der Waals surface area contributed by atoms with Gasteiger partial charge in [0.2, 0.25) is 15.4 Å². The summed E-state index contributed by atoms with van der Waals surface area (Å²) < 4.78 is 112. The molecular formula is C67H104N3O14PS2. The number of anilines is 1. The zero-order valence-electron chi connectivity index (χ0n) is 53.2. The molecule has 2 aromatic rings. The van der Waals surface area contributed by atoms with E-state index in [-0.39, 0.29) is 18.4 Å². The number of benzene rings is 3. The standard InChI is InChI=1S/C67H104N3O14PS2/c1-7-13-15-17-19-21-23-25-27-29-31-33-35-37-39-41-64(71)83-66(84-65(72)42-40-38-36-34-32-30-28-26-24-22-20-18-16-14-8-2)54-81-85(73,74)80-50-49-68-86(75,76)57-45-48-60(63(53-57)87(77,78)79)67-58-46-43-55(69(9-3)10-4)51-61(58)82-62-52-56(44-47-59(62)67)70(11-5)12-6/h25-28,43-48,51-53,66,68H,7-24,29-42,49-50,54H2,1-6H3,(H-,73,74,77,78,79)/b27-25-,28-26-. The van der Waals surface area contributed by atoms with Gasteiger partial charge in [-0.3, -0.25) is 18.6 Å². The molecule has 0 amide bonds. The maximum absolute atomic E-state index is 13.7. The van der Waals surface area contributed by atoms with Gasteiger partial charge >= 0.3 is 19.8 Å². The summed E-state index contributed by atoms with van der Waals surface area (Å²) in [6.45, 7) is 13.2. The van der Waals surface area contributed by atoms with Crippen molar-refractivity contribution in [3.8, 4) is 22.5 Å². The number of hydrogen-bond acceptors (Lipinski definition) is 14. The van der Waals surface area contributed by atoms with Gasteiger partial charge in [-0.2, -0.15) is 0 Å². The Kier molecular flexibility index (Phi) is 35.7. The molecule has 87 heavy (non-hydrogen) atoms. The number of sulfonamides is 1. The molecule has 1 unspecified atom stereocenters. The average Bonchev–Trinajstić information content (AvgIpc) is 0.788. The number of esters is 2. The van der Waals surface area contributed by atoms with Crippen LogP contribution in [0, 0.1) is 0 Å². The van der Waals surface area contributed by atoms with E-state index in [1.165, 1.54) is 89.2 Å². The number of rotatable bonds is 48. The fraction of sp³-hybridized carbons (Fsp3) is 0.627. The Bertz CT molecular complexity index is 2990. The lowest BCUT2D eigenvalue weighted by Gasteiger charge is -2.23. The third kappa shape index (κ3) is 27.9. The predicted octanol–water partition coefficient (Wildman–Crippen LogP) is 15.7. The van der Waals surface area contributed by atoms with Gasteiger partial charge in [0.05, 0.1) is 22.5 Å². The van der Waals surface area contributed by atoms with Crippen molar-refractivity contribution in [3.63, 3.8) is 0 Å². The number of allylic oxidation sites excluding steroid dienone is 4. The van der Waals surface area contributed by atoms with Crippen LogP contribution in [0.3, 0.4) is 0 Å². The smallest absolute Gasteiger partial charge is 0.472 e. The molecule has 0 aromatic heterocycles. The number of phosphoric ester groups is 1. The molecule has 0 radical (unpaired) electrons. The monoisotopic (exact) mass is 1270 g/mol. The Balaban J connectivity index is 1.37. The van der Waals surface area contributed by atoms with Gasteiger partial charge in [-0.15, -0.1) is 0 Å². The first-order valence-electron chi connectivity index (χ1n) is 32.7. The highest BCUT2D eigenvalue weighted by atomic mass is 32.2. The minimum Gasteiger partial charge on any atom is -0.744 e. The maximum atomic E-state index is 13.7.